The van der Waals surface area contributed by atoms with E-state index in [1.54, 1.807) is 29.5 Å². The van der Waals surface area contributed by atoms with Crippen LogP contribution in [0.1, 0.15) is 43.2 Å². The Morgan fingerprint density at radius 3 is 2.81 bits per heavy atom. The number of halogens is 1. The van der Waals surface area contributed by atoms with Crippen molar-refractivity contribution in [3.63, 3.8) is 0 Å². The lowest BCUT2D eigenvalue weighted by Crippen LogP contribution is -2.28. The van der Waals surface area contributed by atoms with Gasteiger partial charge in [0.1, 0.15) is 5.82 Å². The first kappa shape index (κ1) is 17.3. The van der Waals surface area contributed by atoms with Crippen LogP contribution < -0.4 is 5.56 Å². The standard InChI is InChI=1S/C20H22FN3OS/c1-20(2,3)13-8-9-14-16(10-13)26-18-17(14)19(25)24(23-22-18)11-12-6-4-5-7-15(12)21/h4-7,13H,8-11H2,1-3H3/t13-/m1/s1. The van der Waals surface area contributed by atoms with Gasteiger partial charge in [-0.2, -0.15) is 0 Å². The predicted octanol–water partition coefficient (Wildman–Crippen LogP) is 4.19. The second-order valence-corrected chi connectivity index (χ2v) is 9.22. The van der Waals surface area contributed by atoms with Crippen molar-refractivity contribution < 1.29 is 4.39 Å². The number of aryl methyl sites for hydroxylation is 1. The third-order valence-electron chi connectivity index (χ3n) is 5.44. The molecule has 0 unspecified atom stereocenters. The van der Waals surface area contributed by atoms with Gasteiger partial charge in [0, 0.05) is 10.4 Å². The molecule has 3 aromatic rings. The lowest BCUT2D eigenvalue weighted by Gasteiger charge is -2.33. The maximum absolute atomic E-state index is 13.9. The summed E-state index contributed by atoms with van der Waals surface area (Å²) >= 11 is 1.59. The molecule has 4 nitrogen and oxygen atoms in total. The molecule has 2 aromatic heterocycles. The normalized spacial score (nSPS) is 17.5. The molecule has 26 heavy (non-hydrogen) atoms. The second-order valence-electron chi connectivity index (χ2n) is 8.13. The molecule has 0 N–H and O–H groups in total. The highest BCUT2D eigenvalue weighted by Crippen LogP contribution is 2.41. The minimum atomic E-state index is -0.332. The van der Waals surface area contributed by atoms with Crippen LogP contribution in [0, 0.1) is 17.2 Å². The van der Waals surface area contributed by atoms with Crippen LogP contribution in [0.2, 0.25) is 0 Å². The zero-order valence-corrected chi connectivity index (χ0v) is 16.1. The van der Waals surface area contributed by atoms with Gasteiger partial charge < -0.3 is 0 Å². The van der Waals surface area contributed by atoms with Gasteiger partial charge in [-0.15, -0.1) is 16.4 Å². The van der Waals surface area contributed by atoms with E-state index in [2.05, 4.69) is 31.1 Å². The van der Waals surface area contributed by atoms with Gasteiger partial charge in [0.2, 0.25) is 0 Å². The molecular weight excluding hydrogens is 349 g/mol. The number of fused-ring (bicyclic) bond motifs is 3. The van der Waals surface area contributed by atoms with Gasteiger partial charge in [-0.3, -0.25) is 4.79 Å². The van der Waals surface area contributed by atoms with Crippen molar-refractivity contribution in [3.8, 4) is 0 Å². The van der Waals surface area contributed by atoms with E-state index in [0.29, 0.717) is 21.7 Å². The molecule has 2 heterocycles. The number of rotatable bonds is 2. The van der Waals surface area contributed by atoms with Crippen LogP contribution in [0.15, 0.2) is 29.1 Å². The van der Waals surface area contributed by atoms with Crippen molar-refractivity contribution in [1.82, 2.24) is 15.0 Å². The van der Waals surface area contributed by atoms with E-state index in [1.807, 2.05) is 0 Å². The molecule has 1 aliphatic carbocycles. The lowest BCUT2D eigenvalue weighted by atomic mass is 9.72. The fourth-order valence-corrected chi connectivity index (χ4v) is 4.99. The maximum Gasteiger partial charge on any atom is 0.279 e. The maximum atomic E-state index is 13.9. The average molecular weight is 371 g/mol. The van der Waals surface area contributed by atoms with Crippen molar-refractivity contribution >= 4 is 21.6 Å². The van der Waals surface area contributed by atoms with Gasteiger partial charge >= 0.3 is 0 Å². The third-order valence-corrected chi connectivity index (χ3v) is 6.58. The Balaban J connectivity index is 1.75. The third kappa shape index (κ3) is 2.96. The molecule has 1 atom stereocenters. The van der Waals surface area contributed by atoms with E-state index in [-0.39, 0.29) is 23.3 Å². The summed E-state index contributed by atoms with van der Waals surface area (Å²) in [6, 6.07) is 6.46. The fraction of sp³-hybridized carbons (Fsp3) is 0.450. The topological polar surface area (TPSA) is 47.8 Å². The van der Waals surface area contributed by atoms with E-state index in [9.17, 15) is 9.18 Å². The molecule has 0 radical (unpaired) electrons. The molecule has 0 spiro atoms. The first-order chi connectivity index (χ1) is 12.3. The Morgan fingerprint density at radius 1 is 1.31 bits per heavy atom. The summed E-state index contributed by atoms with van der Waals surface area (Å²) in [6.45, 7) is 6.93. The van der Waals surface area contributed by atoms with Crippen LogP contribution in [0.25, 0.3) is 10.2 Å². The Kier molecular flexibility index (Phi) is 4.18. The quantitative estimate of drug-likeness (QED) is 0.679. The van der Waals surface area contributed by atoms with E-state index in [1.165, 1.54) is 15.6 Å². The summed E-state index contributed by atoms with van der Waals surface area (Å²) in [5, 5.41) is 9.01. The Morgan fingerprint density at radius 2 is 2.08 bits per heavy atom. The molecule has 1 aromatic carbocycles. The summed E-state index contributed by atoms with van der Waals surface area (Å²) in [6.07, 6.45) is 2.97. The van der Waals surface area contributed by atoms with Crippen molar-refractivity contribution in [2.75, 3.05) is 0 Å². The van der Waals surface area contributed by atoms with Gasteiger partial charge in [0.05, 0.1) is 11.9 Å². The van der Waals surface area contributed by atoms with Crippen LogP contribution in [-0.4, -0.2) is 15.0 Å². The van der Waals surface area contributed by atoms with E-state index in [4.69, 9.17) is 0 Å². The van der Waals surface area contributed by atoms with Crippen LogP contribution in [0.4, 0.5) is 4.39 Å². The van der Waals surface area contributed by atoms with Gasteiger partial charge in [-0.25, -0.2) is 9.07 Å². The second kappa shape index (κ2) is 6.27. The molecular formula is C20H22FN3OS. The highest BCUT2D eigenvalue weighted by Gasteiger charge is 2.31. The number of aromatic nitrogens is 3. The monoisotopic (exact) mass is 371 g/mol. The van der Waals surface area contributed by atoms with Crippen molar-refractivity contribution in [1.29, 1.82) is 0 Å². The summed E-state index contributed by atoms with van der Waals surface area (Å²) in [5.41, 5.74) is 1.67. The van der Waals surface area contributed by atoms with Gasteiger partial charge in [0.25, 0.3) is 5.56 Å². The molecule has 0 saturated heterocycles. The van der Waals surface area contributed by atoms with Gasteiger partial charge in [-0.1, -0.05) is 44.2 Å². The Hall–Kier alpha value is -2.08. The minimum absolute atomic E-state index is 0.101. The van der Waals surface area contributed by atoms with Crippen molar-refractivity contribution in [3.05, 3.63) is 56.4 Å². The van der Waals surface area contributed by atoms with Crippen molar-refractivity contribution in [2.24, 2.45) is 11.3 Å². The zero-order chi connectivity index (χ0) is 18.5. The van der Waals surface area contributed by atoms with E-state index in [0.717, 1.165) is 24.8 Å². The highest BCUT2D eigenvalue weighted by atomic mass is 32.1. The number of thiophene rings is 1. The summed E-state index contributed by atoms with van der Waals surface area (Å²) in [5.74, 6) is 0.276. The lowest BCUT2D eigenvalue weighted by molar-refractivity contribution is 0.218. The molecule has 1 aliphatic rings. The van der Waals surface area contributed by atoms with Crippen LogP contribution >= 0.6 is 11.3 Å². The zero-order valence-electron chi connectivity index (χ0n) is 15.3. The summed E-state index contributed by atoms with van der Waals surface area (Å²) in [7, 11) is 0. The number of hydrogen-bond donors (Lipinski definition) is 0. The van der Waals surface area contributed by atoms with E-state index >= 15 is 0 Å². The average Bonchev–Trinajstić information content (AvgIpc) is 2.97. The van der Waals surface area contributed by atoms with Gasteiger partial charge in [-0.05, 0) is 42.2 Å². The number of benzene rings is 1. The SMILES string of the molecule is CC(C)(C)[C@@H]1CCc2c(sc3nnn(Cc4ccccc4F)c(=O)c23)C1. The minimum Gasteiger partial charge on any atom is -0.267 e. The van der Waals surface area contributed by atoms with E-state index < -0.39 is 0 Å². The molecule has 6 heteroatoms. The smallest absolute Gasteiger partial charge is 0.267 e. The Labute approximate surface area is 155 Å². The number of hydrogen-bond acceptors (Lipinski definition) is 4. The highest BCUT2D eigenvalue weighted by molar-refractivity contribution is 7.18. The van der Waals surface area contributed by atoms with Gasteiger partial charge in [0.15, 0.2) is 4.83 Å². The number of nitrogens with zero attached hydrogens (tertiary/aromatic N) is 3. The fourth-order valence-electron chi connectivity index (χ4n) is 3.76. The van der Waals surface area contributed by atoms with Crippen LogP contribution in [-0.2, 0) is 19.4 Å². The Bertz CT molecular complexity index is 1030. The predicted molar refractivity (Wildman–Crippen MR) is 102 cm³/mol. The summed E-state index contributed by atoms with van der Waals surface area (Å²) in [4.78, 5) is 15.0. The van der Waals surface area contributed by atoms with Crippen molar-refractivity contribution in [2.45, 2.75) is 46.6 Å². The molecule has 0 saturated carbocycles. The molecule has 136 valence electrons. The molecule has 4 rings (SSSR count). The summed E-state index contributed by atoms with van der Waals surface area (Å²) < 4.78 is 15.2. The first-order valence-electron chi connectivity index (χ1n) is 8.96. The molecule has 0 bridgehead atoms. The largest absolute Gasteiger partial charge is 0.279 e. The first-order valence-corrected chi connectivity index (χ1v) is 9.77. The van der Waals surface area contributed by atoms with Crippen LogP contribution in [0.5, 0.6) is 0 Å². The molecule has 0 fully saturated rings. The van der Waals surface area contributed by atoms with Crippen LogP contribution in [0.3, 0.4) is 0 Å². The molecule has 0 amide bonds. The molecule has 0 aliphatic heterocycles.